The Labute approximate surface area is 180 Å². The minimum atomic E-state index is -4.45. The van der Waals surface area contributed by atoms with Crippen LogP contribution in [0.3, 0.4) is 0 Å². The van der Waals surface area contributed by atoms with Gasteiger partial charge in [0.05, 0.1) is 17.2 Å². The molecular formula is C20H18ClF4N3O3. The van der Waals surface area contributed by atoms with E-state index < -0.39 is 42.0 Å². The number of benzene rings is 1. The highest BCUT2D eigenvalue weighted by Crippen LogP contribution is 2.30. The van der Waals surface area contributed by atoms with Crippen molar-refractivity contribution in [3.63, 3.8) is 0 Å². The number of carbonyl (C=O) groups excluding carboxylic acids is 2. The SMILES string of the molecule is O=C(COC(=O)C1CCN(c2ccc(C(F)(F)F)cn2)CC1)Nc1ccc(Cl)cc1F. The fraction of sp³-hybridized carbons (Fsp3) is 0.350. The van der Waals surface area contributed by atoms with Crippen molar-refractivity contribution in [3.05, 3.63) is 52.9 Å². The second-order valence-corrected chi connectivity index (χ2v) is 7.38. The van der Waals surface area contributed by atoms with Crippen LogP contribution in [0, 0.1) is 11.7 Å². The predicted molar refractivity (Wildman–Crippen MR) is 105 cm³/mol. The second-order valence-electron chi connectivity index (χ2n) is 6.94. The number of hydrogen-bond donors (Lipinski definition) is 1. The van der Waals surface area contributed by atoms with Crippen LogP contribution in [0.5, 0.6) is 0 Å². The van der Waals surface area contributed by atoms with E-state index in [-0.39, 0.29) is 10.7 Å². The van der Waals surface area contributed by atoms with Gasteiger partial charge in [-0.25, -0.2) is 9.37 Å². The van der Waals surface area contributed by atoms with Gasteiger partial charge in [0.15, 0.2) is 6.61 Å². The maximum absolute atomic E-state index is 13.7. The third-order valence-electron chi connectivity index (χ3n) is 4.78. The van der Waals surface area contributed by atoms with Crippen LogP contribution < -0.4 is 10.2 Å². The van der Waals surface area contributed by atoms with Crippen molar-refractivity contribution in [2.24, 2.45) is 5.92 Å². The first-order chi connectivity index (χ1) is 14.6. The molecule has 3 rings (SSSR count). The summed E-state index contributed by atoms with van der Waals surface area (Å²) in [5.74, 6) is -2.03. The number of amides is 1. The zero-order valence-electron chi connectivity index (χ0n) is 16.1. The molecule has 1 amide bonds. The van der Waals surface area contributed by atoms with Crippen LogP contribution in [0.2, 0.25) is 5.02 Å². The number of anilines is 2. The van der Waals surface area contributed by atoms with Crippen molar-refractivity contribution >= 4 is 35.0 Å². The van der Waals surface area contributed by atoms with E-state index in [1.807, 2.05) is 0 Å². The lowest BCUT2D eigenvalue weighted by Crippen LogP contribution is -2.38. The van der Waals surface area contributed by atoms with Crippen LogP contribution in [0.1, 0.15) is 18.4 Å². The summed E-state index contributed by atoms with van der Waals surface area (Å²) in [4.78, 5) is 29.7. The monoisotopic (exact) mass is 459 g/mol. The molecule has 2 heterocycles. The molecule has 0 atom stereocenters. The molecule has 2 aromatic rings. The van der Waals surface area contributed by atoms with Crippen LogP contribution >= 0.6 is 11.6 Å². The van der Waals surface area contributed by atoms with Crippen molar-refractivity contribution in [3.8, 4) is 0 Å². The van der Waals surface area contributed by atoms with Crippen molar-refractivity contribution in [2.45, 2.75) is 19.0 Å². The summed E-state index contributed by atoms with van der Waals surface area (Å²) in [7, 11) is 0. The largest absolute Gasteiger partial charge is 0.455 e. The molecule has 1 fully saturated rings. The summed E-state index contributed by atoms with van der Waals surface area (Å²) >= 11 is 5.64. The molecule has 0 spiro atoms. The van der Waals surface area contributed by atoms with E-state index in [0.717, 1.165) is 18.3 Å². The van der Waals surface area contributed by atoms with E-state index in [1.165, 1.54) is 18.2 Å². The van der Waals surface area contributed by atoms with Crippen molar-refractivity contribution in [1.82, 2.24) is 4.98 Å². The summed E-state index contributed by atoms with van der Waals surface area (Å²) in [6, 6.07) is 6.00. The molecule has 0 saturated carbocycles. The Morgan fingerprint density at radius 1 is 1.19 bits per heavy atom. The number of alkyl halides is 3. The van der Waals surface area contributed by atoms with E-state index in [0.29, 0.717) is 31.7 Å². The molecule has 166 valence electrons. The number of halogens is 5. The molecule has 6 nitrogen and oxygen atoms in total. The molecule has 11 heteroatoms. The van der Waals surface area contributed by atoms with Crippen LogP contribution in [0.15, 0.2) is 36.5 Å². The van der Waals surface area contributed by atoms with Gasteiger partial charge in [-0.3, -0.25) is 9.59 Å². The van der Waals surface area contributed by atoms with Gasteiger partial charge < -0.3 is 15.0 Å². The Balaban J connectivity index is 1.45. The summed E-state index contributed by atoms with van der Waals surface area (Å²) < 4.78 is 56.6. The third kappa shape index (κ3) is 6.06. The van der Waals surface area contributed by atoms with Gasteiger partial charge in [-0.05, 0) is 43.2 Å². The van der Waals surface area contributed by atoms with Crippen molar-refractivity contribution in [1.29, 1.82) is 0 Å². The van der Waals surface area contributed by atoms with E-state index in [4.69, 9.17) is 16.3 Å². The van der Waals surface area contributed by atoms with Crippen molar-refractivity contribution < 1.29 is 31.9 Å². The molecule has 0 unspecified atom stereocenters. The molecule has 1 aliphatic rings. The number of esters is 1. The molecule has 1 aromatic heterocycles. The van der Waals surface area contributed by atoms with E-state index >= 15 is 0 Å². The van der Waals surface area contributed by atoms with Crippen LogP contribution in [0.4, 0.5) is 29.1 Å². The maximum atomic E-state index is 13.7. The topological polar surface area (TPSA) is 71.5 Å². The zero-order valence-corrected chi connectivity index (χ0v) is 16.8. The number of rotatable bonds is 5. The van der Waals surface area contributed by atoms with Gasteiger partial charge >= 0.3 is 12.1 Å². The fourth-order valence-corrected chi connectivity index (χ4v) is 3.28. The third-order valence-corrected chi connectivity index (χ3v) is 5.01. The van der Waals surface area contributed by atoms with E-state index in [2.05, 4.69) is 10.3 Å². The number of pyridine rings is 1. The first-order valence-corrected chi connectivity index (χ1v) is 9.71. The van der Waals surface area contributed by atoms with Gasteiger partial charge in [0.2, 0.25) is 0 Å². The second kappa shape index (κ2) is 9.51. The summed E-state index contributed by atoms with van der Waals surface area (Å²) in [5, 5.41) is 2.47. The number of ether oxygens (including phenoxy) is 1. The Morgan fingerprint density at radius 2 is 1.90 bits per heavy atom. The molecule has 1 saturated heterocycles. The van der Waals surface area contributed by atoms with Crippen LogP contribution in [-0.2, 0) is 20.5 Å². The number of aromatic nitrogens is 1. The van der Waals surface area contributed by atoms with Gasteiger partial charge in [-0.2, -0.15) is 13.2 Å². The normalized spacial score (nSPS) is 14.9. The highest BCUT2D eigenvalue weighted by atomic mass is 35.5. The predicted octanol–water partition coefficient (Wildman–Crippen LogP) is 4.29. The number of nitrogens with zero attached hydrogens (tertiary/aromatic N) is 2. The Hall–Kier alpha value is -2.88. The molecule has 0 bridgehead atoms. The Bertz CT molecular complexity index is 946. The molecule has 0 radical (unpaired) electrons. The lowest BCUT2D eigenvalue weighted by atomic mass is 9.97. The zero-order chi connectivity index (χ0) is 22.6. The average Bonchev–Trinajstić information content (AvgIpc) is 2.73. The highest BCUT2D eigenvalue weighted by molar-refractivity contribution is 6.30. The number of piperidine rings is 1. The Kier molecular flexibility index (Phi) is 6.99. The minimum Gasteiger partial charge on any atom is -0.455 e. The van der Waals surface area contributed by atoms with E-state index in [1.54, 1.807) is 4.90 Å². The van der Waals surface area contributed by atoms with Crippen LogP contribution in [-0.4, -0.2) is 36.6 Å². The summed E-state index contributed by atoms with van der Waals surface area (Å²) in [6.07, 6.45) is -2.88. The lowest BCUT2D eigenvalue weighted by Gasteiger charge is -2.31. The molecule has 0 aliphatic carbocycles. The standard InChI is InChI=1S/C20H18ClF4N3O3/c21-14-2-3-16(15(22)9-14)27-18(29)11-31-19(30)12-5-7-28(8-6-12)17-4-1-13(10-26-17)20(23,24)25/h1-4,9-10,12H,5-8,11H2,(H,27,29). The molecule has 31 heavy (non-hydrogen) atoms. The van der Waals surface area contributed by atoms with Crippen molar-refractivity contribution in [2.75, 3.05) is 29.9 Å². The fourth-order valence-electron chi connectivity index (χ4n) is 3.12. The summed E-state index contributed by atoms with van der Waals surface area (Å²) in [5.41, 5.74) is -0.908. The molecule has 1 N–H and O–H groups in total. The van der Waals surface area contributed by atoms with E-state index in [9.17, 15) is 27.2 Å². The first-order valence-electron chi connectivity index (χ1n) is 9.33. The highest BCUT2D eigenvalue weighted by Gasteiger charge is 2.31. The number of hydrogen-bond acceptors (Lipinski definition) is 5. The van der Waals surface area contributed by atoms with Gasteiger partial charge in [0, 0.05) is 24.3 Å². The number of nitrogens with one attached hydrogen (secondary N) is 1. The molecular weight excluding hydrogens is 442 g/mol. The summed E-state index contributed by atoms with van der Waals surface area (Å²) in [6.45, 7) is 0.238. The molecule has 1 aliphatic heterocycles. The average molecular weight is 460 g/mol. The van der Waals surface area contributed by atoms with Gasteiger partial charge in [-0.15, -0.1) is 0 Å². The van der Waals surface area contributed by atoms with Gasteiger partial charge in [0.1, 0.15) is 11.6 Å². The van der Waals surface area contributed by atoms with Gasteiger partial charge in [-0.1, -0.05) is 11.6 Å². The first kappa shape index (κ1) is 22.8. The number of carbonyl (C=O) groups is 2. The van der Waals surface area contributed by atoms with Crippen LogP contribution in [0.25, 0.3) is 0 Å². The lowest BCUT2D eigenvalue weighted by molar-refractivity contribution is -0.152. The maximum Gasteiger partial charge on any atom is 0.417 e. The smallest absolute Gasteiger partial charge is 0.417 e. The quantitative estimate of drug-likeness (QED) is 0.533. The van der Waals surface area contributed by atoms with Gasteiger partial charge in [0.25, 0.3) is 5.91 Å². The molecule has 1 aromatic carbocycles. The Morgan fingerprint density at radius 3 is 2.48 bits per heavy atom. The minimum absolute atomic E-state index is 0.0807.